The maximum Gasteiger partial charge on any atom is 0.431 e. The van der Waals surface area contributed by atoms with Gasteiger partial charge in [-0.25, -0.2) is 0 Å². The first kappa shape index (κ1) is 14.6. The first-order valence-electron chi connectivity index (χ1n) is 6.21. The molecule has 0 saturated heterocycles. The second-order valence-electron chi connectivity index (χ2n) is 5.17. The SMILES string of the molecule is O=c1cccc(C(F)(F)F)n1CC1(CBr)CCCC1. The molecule has 0 aliphatic heterocycles. The van der Waals surface area contributed by atoms with Gasteiger partial charge in [0.15, 0.2) is 0 Å². The van der Waals surface area contributed by atoms with E-state index in [0.717, 1.165) is 42.4 Å². The minimum Gasteiger partial charge on any atom is -0.304 e. The van der Waals surface area contributed by atoms with Gasteiger partial charge in [0.05, 0.1) is 0 Å². The van der Waals surface area contributed by atoms with Gasteiger partial charge in [0, 0.05) is 17.9 Å². The third-order valence-corrected chi connectivity index (χ3v) is 4.97. The Labute approximate surface area is 117 Å². The van der Waals surface area contributed by atoms with Gasteiger partial charge in [-0.2, -0.15) is 13.2 Å². The summed E-state index contributed by atoms with van der Waals surface area (Å²) in [5.41, 5.74) is -1.67. The normalized spacial score (nSPS) is 18.7. The van der Waals surface area contributed by atoms with E-state index >= 15 is 0 Å². The van der Waals surface area contributed by atoms with Crippen LogP contribution < -0.4 is 5.56 Å². The largest absolute Gasteiger partial charge is 0.431 e. The zero-order chi connectivity index (χ0) is 14.1. The third kappa shape index (κ3) is 3.04. The summed E-state index contributed by atoms with van der Waals surface area (Å²) in [4.78, 5) is 11.8. The highest BCUT2D eigenvalue weighted by Crippen LogP contribution is 2.41. The van der Waals surface area contributed by atoms with Crippen LogP contribution in [0.1, 0.15) is 31.4 Å². The van der Waals surface area contributed by atoms with Crippen LogP contribution in [0, 0.1) is 5.41 Å². The molecule has 0 radical (unpaired) electrons. The molecule has 0 aromatic carbocycles. The Morgan fingerprint density at radius 3 is 2.42 bits per heavy atom. The van der Waals surface area contributed by atoms with Crippen LogP contribution >= 0.6 is 15.9 Å². The molecule has 1 fully saturated rings. The van der Waals surface area contributed by atoms with E-state index in [0.29, 0.717) is 5.33 Å². The molecule has 0 spiro atoms. The van der Waals surface area contributed by atoms with Crippen molar-refractivity contribution in [1.29, 1.82) is 0 Å². The van der Waals surface area contributed by atoms with E-state index in [1.165, 1.54) is 6.07 Å². The molecular weight excluding hydrogens is 323 g/mol. The van der Waals surface area contributed by atoms with Crippen molar-refractivity contribution in [3.8, 4) is 0 Å². The highest BCUT2D eigenvalue weighted by Gasteiger charge is 2.38. The topological polar surface area (TPSA) is 22.0 Å². The molecule has 1 aliphatic carbocycles. The van der Waals surface area contributed by atoms with Crippen LogP contribution in [-0.2, 0) is 12.7 Å². The Morgan fingerprint density at radius 1 is 1.26 bits per heavy atom. The van der Waals surface area contributed by atoms with Crippen molar-refractivity contribution in [3.05, 3.63) is 34.2 Å². The second kappa shape index (κ2) is 5.31. The average molecular weight is 338 g/mol. The molecule has 2 rings (SSSR count). The fourth-order valence-electron chi connectivity index (χ4n) is 2.73. The van der Waals surface area contributed by atoms with Gasteiger partial charge in [-0.15, -0.1) is 0 Å². The molecule has 6 heteroatoms. The first-order valence-corrected chi connectivity index (χ1v) is 7.33. The van der Waals surface area contributed by atoms with E-state index in [4.69, 9.17) is 0 Å². The van der Waals surface area contributed by atoms with Crippen LogP contribution in [0.4, 0.5) is 13.2 Å². The summed E-state index contributed by atoms with van der Waals surface area (Å²) < 4.78 is 39.8. The monoisotopic (exact) mass is 337 g/mol. The van der Waals surface area contributed by atoms with Crippen LogP contribution in [0.5, 0.6) is 0 Å². The molecule has 1 saturated carbocycles. The van der Waals surface area contributed by atoms with Crippen molar-refractivity contribution in [2.45, 2.75) is 38.4 Å². The predicted molar refractivity (Wildman–Crippen MR) is 70.4 cm³/mol. The molecule has 0 atom stereocenters. The fraction of sp³-hybridized carbons (Fsp3) is 0.615. The van der Waals surface area contributed by atoms with Crippen molar-refractivity contribution in [2.24, 2.45) is 5.41 Å². The fourth-order valence-corrected chi connectivity index (χ4v) is 3.46. The average Bonchev–Trinajstić information content (AvgIpc) is 2.80. The molecule has 1 heterocycles. The standard InChI is InChI=1S/C13H15BrF3NO/c14-8-12(6-1-2-7-12)9-18-10(13(15,16)17)4-3-5-11(18)19/h3-5H,1-2,6-9H2. The van der Waals surface area contributed by atoms with Gasteiger partial charge in [-0.1, -0.05) is 34.8 Å². The Kier molecular flexibility index (Phi) is 4.08. The summed E-state index contributed by atoms with van der Waals surface area (Å²) in [6.07, 6.45) is -0.761. The summed E-state index contributed by atoms with van der Waals surface area (Å²) in [5.74, 6) is 0. The van der Waals surface area contributed by atoms with Crippen LogP contribution in [0.25, 0.3) is 0 Å². The maximum atomic E-state index is 13.0. The van der Waals surface area contributed by atoms with Gasteiger partial charge in [-0.3, -0.25) is 4.79 Å². The van der Waals surface area contributed by atoms with Gasteiger partial charge >= 0.3 is 6.18 Å². The van der Waals surface area contributed by atoms with Crippen molar-refractivity contribution in [2.75, 3.05) is 5.33 Å². The lowest BCUT2D eigenvalue weighted by Crippen LogP contribution is -2.35. The molecule has 0 unspecified atom stereocenters. The zero-order valence-electron chi connectivity index (χ0n) is 10.3. The van der Waals surface area contributed by atoms with Crippen molar-refractivity contribution >= 4 is 15.9 Å². The van der Waals surface area contributed by atoms with Crippen molar-refractivity contribution in [3.63, 3.8) is 0 Å². The number of hydrogen-bond donors (Lipinski definition) is 0. The lowest BCUT2D eigenvalue weighted by molar-refractivity contribution is -0.144. The molecule has 0 N–H and O–H groups in total. The van der Waals surface area contributed by atoms with Gasteiger partial charge < -0.3 is 4.57 Å². The highest BCUT2D eigenvalue weighted by molar-refractivity contribution is 9.09. The summed E-state index contributed by atoms with van der Waals surface area (Å²) in [5, 5.41) is 0.624. The molecule has 2 nitrogen and oxygen atoms in total. The molecule has 0 amide bonds. The number of pyridine rings is 1. The van der Waals surface area contributed by atoms with E-state index in [-0.39, 0.29) is 12.0 Å². The lowest BCUT2D eigenvalue weighted by atomic mass is 9.88. The second-order valence-corrected chi connectivity index (χ2v) is 5.73. The molecule has 1 aromatic rings. The van der Waals surface area contributed by atoms with Crippen molar-refractivity contribution < 1.29 is 13.2 Å². The molecule has 1 aromatic heterocycles. The lowest BCUT2D eigenvalue weighted by Gasteiger charge is -2.29. The first-order chi connectivity index (χ1) is 8.88. The Hall–Kier alpha value is -0.780. The molecule has 106 valence electrons. The van der Waals surface area contributed by atoms with E-state index < -0.39 is 17.4 Å². The number of halogens is 4. The minimum atomic E-state index is -4.49. The number of hydrogen-bond acceptors (Lipinski definition) is 1. The minimum absolute atomic E-state index is 0.132. The summed E-state index contributed by atoms with van der Waals surface area (Å²) >= 11 is 3.39. The van der Waals surface area contributed by atoms with Crippen LogP contribution in [0.3, 0.4) is 0 Å². The number of rotatable bonds is 3. The van der Waals surface area contributed by atoms with Gasteiger partial charge in [-0.05, 0) is 24.3 Å². The molecule has 19 heavy (non-hydrogen) atoms. The highest BCUT2D eigenvalue weighted by atomic mass is 79.9. The van der Waals surface area contributed by atoms with Crippen molar-refractivity contribution in [1.82, 2.24) is 4.57 Å². The number of nitrogens with zero attached hydrogens (tertiary/aromatic N) is 1. The Balaban J connectivity index is 2.42. The zero-order valence-corrected chi connectivity index (χ0v) is 11.9. The van der Waals surface area contributed by atoms with E-state index in [1.54, 1.807) is 0 Å². The van der Waals surface area contributed by atoms with E-state index in [2.05, 4.69) is 15.9 Å². The maximum absolute atomic E-state index is 13.0. The van der Waals surface area contributed by atoms with Crippen LogP contribution in [-0.4, -0.2) is 9.90 Å². The van der Waals surface area contributed by atoms with E-state index in [9.17, 15) is 18.0 Å². The quantitative estimate of drug-likeness (QED) is 0.768. The Morgan fingerprint density at radius 2 is 1.89 bits per heavy atom. The summed E-state index contributed by atoms with van der Waals surface area (Å²) in [6, 6.07) is 3.32. The molecular formula is C13H15BrF3NO. The number of aromatic nitrogens is 1. The van der Waals surface area contributed by atoms with E-state index in [1.807, 2.05) is 0 Å². The smallest absolute Gasteiger partial charge is 0.304 e. The van der Waals surface area contributed by atoms with Gasteiger partial charge in [0.25, 0.3) is 5.56 Å². The Bertz CT molecular complexity index is 503. The van der Waals surface area contributed by atoms with Crippen LogP contribution in [0.2, 0.25) is 0 Å². The molecule has 0 bridgehead atoms. The third-order valence-electron chi connectivity index (χ3n) is 3.78. The molecule has 1 aliphatic rings. The summed E-state index contributed by atoms with van der Waals surface area (Å²) in [7, 11) is 0. The van der Waals surface area contributed by atoms with Gasteiger partial charge in [0.2, 0.25) is 0 Å². The predicted octanol–water partition coefficient (Wildman–Crippen LogP) is 3.82. The number of alkyl halides is 4. The summed E-state index contributed by atoms with van der Waals surface area (Å²) in [6.45, 7) is 0.132. The van der Waals surface area contributed by atoms with Gasteiger partial charge in [0.1, 0.15) is 5.69 Å². The van der Waals surface area contributed by atoms with Crippen LogP contribution in [0.15, 0.2) is 23.0 Å².